The van der Waals surface area contributed by atoms with Gasteiger partial charge in [0.05, 0.1) is 5.69 Å². The summed E-state index contributed by atoms with van der Waals surface area (Å²) in [7, 11) is 0. The largest absolute Gasteiger partial charge is 0.382 e. The first-order valence-corrected chi connectivity index (χ1v) is 7.20. The fourth-order valence-electron chi connectivity index (χ4n) is 2.73. The van der Waals surface area contributed by atoms with Gasteiger partial charge in [0, 0.05) is 11.0 Å². The second-order valence-electron chi connectivity index (χ2n) is 5.30. The van der Waals surface area contributed by atoms with Gasteiger partial charge in [-0.25, -0.2) is 4.39 Å². The van der Waals surface area contributed by atoms with Gasteiger partial charge in [0.2, 0.25) is 0 Å². The van der Waals surface area contributed by atoms with Crippen molar-refractivity contribution in [2.75, 3.05) is 11.9 Å². The molecule has 1 aromatic rings. The summed E-state index contributed by atoms with van der Waals surface area (Å²) < 4.78 is 14.4. The van der Waals surface area contributed by atoms with Crippen molar-refractivity contribution in [3.8, 4) is 0 Å². The predicted molar refractivity (Wildman–Crippen MR) is 78.2 cm³/mol. The smallest absolute Gasteiger partial charge is 0.147 e. The van der Waals surface area contributed by atoms with Gasteiger partial charge in [-0.2, -0.15) is 0 Å². The van der Waals surface area contributed by atoms with E-state index >= 15 is 0 Å². The zero-order valence-electron chi connectivity index (χ0n) is 10.8. The zero-order valence-corrected chi connectivity index (χ0v) is 12.4. The van der Waals surface area contributed by atoms with Crippen LogP contribution in [0.1, 0.15) is 26.7 Å². The van der Waals surface area contributed by atoms with Gasteiger partial charge in [0.1, 0.15) is 5.82 Å². The summed E-state index contributed by atoms with van der Waals surface area (Å²) in [5.41, 5.74) is 2.05. The summed E-state index contributed by atoms with van der Waals surface area (Å²) >= 11 is 3.26. The molecule has 1 N–H and O–H groups in total. The fraction of sp³-hybridized carbons (Fsp3) is 0.467. The van der Waals surface area contributed by atoms with Crippen LogP contribution in [-0.2, 0) is 0 Å². The summed E-state index contributed by atoms with van der Waals surface area (Å²) in [5.74, 6) is 1.05. The van der Waals surface area contributed by atoms with E-state index in [1.165, 1.54) is 18.1 Å². The standard InChI is InChI=1S/C15H19BrFN/c1-10-5-11(2)7-12(6-10)9-18-15-4-3-13(16)8-14(15)17/h3-5,8,10,12,18H,6-7,9H2,1-2H3. The Labute approximate surface area is 117 Å². The van der Waals surface area contributed by atoms with E-state index < -0.39 is 0 Å². The van der Waals surface area contributed by atoms with Crippen molar-refractivity contribution in [1.29, 1.82) is 0 Å². The van der Waals surface area contributed by atoms with Gasteiger partial charge >= 0.3 is 0 Å². The first kappa shape index (κ1) is 13.6. The zero-order chi connectivity index (χ0) is 13.1. The molecule has 2 atom stereocenters. The molecule has 1 aliphatic carbocycles. The third-order valence-electron chi connectivity index (χ3n) is 3.40. The molecule has 98 valence electrons. The third-order valence-corrected chi connectivity index (χ3v) is 3.89. The Hall–Kier alpha value is -0.830. The van der Waals surface area contributed by atoms with Crippen LogP contribution in [0.5, 0.6) is 0 Å². The molecule has 1 aromatic carbocycles. The molecule has 2 unspecified atom stereocenters. The lowest BCUT2D eigenvalue weighted by Crippen LogP contribution is -2.20. The van der Waals surface area contributed by atoms with Crippen LogP contribution in [0, 0.1) is 17.7 Å². The molecule has 0 radical (unpaired) electrons. The first-order chi connectivity index (χ1) is 8.54. The van der Waals surface area contributed by atoms with Crippen molar-refractivity contribution >= 4 is 21.6 Å². The molecular weight excluding hydrogens is 293 g/mol. The van der Waals surface area contributed by atoms with E-state index in [0.29, 0.717) is 17.5 Å². The van der Waals surface area contributed by atoms with E-state index in [2.05, 4.69) is 41.2 Å². The molecule has 0 bridgehead atoms. The van der Waals surface area contributed by atoms with Crippen LogP contribution in [0.15, 0.2) is 34.3 Å². The van der Waals surface area contributed by atoms with Crippen LogP contribution in [0.2, 0.25) is 0 Å². The Morgan fingerprint density at radius 1 is 1.44 bits per heavy atom. The number of nitrogens with one attached hydrogen (secondary N) is 1. The minimum Gasteiger partial charge on any atom is -0.382 e. The van der Waals surface area contributed by atoms with E-state index in [0.717, 1.165) is 17.4 Å². The van der Waals surface area contributed by atoms with Crippen LogP contribution >= 0.6 is 15.9 Å². The number of allylic oxidation sites excluding steroid dienone is 2. The molecule has 0 heterocycles. The molecule has 1 aliphatic rings. The number of rotatable bonds is 3. The molecule has 0 spiro atoms. The van der Waals surface area contributed by atoms with Gasteiger partial charge in [0.25, 0.3) is 0 Å². The molecule has 3 heteroatoms. The van der Waals surface area contributed by atoms with Crippen molar-refractivity contribution in [2.45, 2.75) is 26.7 Å². The maximum absolute atomic E-state index is 13.7. The quantitative estimate of drug-likeness (QED) is 0.775. The van der Waals surface area contributed by atoms with Gasteiger partial charge in [-0.3, -0.25) is 0 Å². The highest BCUT2D eigenvalue weighted by atomic mass is 79.9. The summed E-state index contributed by atoms with van der Waals surface area (Å²) in [6, 6.07) is 5.14. The summed E-state index contributed by atoms with van der Waals surface area (Å²) in [6.07, 6.45) is 4.65. The van der Waals surface area contributed by atoms with Gasteiger partial charge in [-0.1, -0.05) is 34.5 Å². The van der Waals surface area contributed by atoms with Crippen molar-refractivity contribution in [2.24, 2.45) is 11.8 Å². The number of hydrogen-bond donors (Lipinski definition) is 1. The Morgan fingerprint density at radius 2 is 2.22 bits per heavy atom. The number of anilines is 1. The summed E-state index contributed by atoms with van der Waals surface area (Å²) in [4.78, 5) is 0. The normalized spacial score (nSPS) is 23.7. The molecular formula is C15H19BrFN. The Kier molecular flexibility index (Phi) is 4.44. The van der Waals surface area contributed by atoms with Gasteiger partial charge in [-0.15, -0.1) is 0 Å². The van der Waals surface area contributed by atoms with E-state index in [-0.39, 0.29) is 5.82 Å². The highest BCUT2D eigenvalue weighted by Crippen LogP contribution is 2.28. The van der Waals surface area contributed by atoms with E-state index in [9.17, 15) is 4.39 Å². The Balaban J connectivity index is 1.94. The summed E-state index contributed by atoms with van der Waals surface area (Å²) in [6.45, 7) is 5.27. The monoisotopic (exact) mass is 311 g/mol. The topological polar surface area (TPSA) is 12.0 Å². The molecule has 2 rings (SSSR count). The minimum absolute atomic E-state index is 0.194. The van der Waals surface area contributed by atoms with E-state index in [1.54, 1.807) is 6.07 Å². The van der Waals surface area contributed by atoms with Crippen molar-refractivity contribution in [3.63, 3.8) is 0 Å². The highest BCUT2D eigenvalue weighted by Gasteiger charge is 2.18. The molecule has 0 aromatic heterocycles. The lowest BCUT2D eigenvalue weighted by molar-refractivity contribution is 0.420. The lowest BCUT2D eigenvalue weighted by atomic mass is 9.84. The highest BCUT2D eigenvalue weighted by molar-refractivity contribution is 9.10. The molecule has 0 saturated carbocycles. The van der Waals surface area contributed by atoms with Crippen LogP contribution in [0.4, 0.5) is 10.1 Å². The number of hydrogen-bond acceptors (Lipinski definition) is 1. The van der Waals surface area contributed by atoms with Gasteiger partial charge in [0.15, 0.2) is 0 Å². The Morgan fingerprint density at radius 3 is 2.89 bits per heavy atom. The molecule has 0 amide bonds. The fourth-order valence-corrected chi connectivity index (χ4v) is 3.06. The SMILES string of the molecule is CC1=CC(C)CC(CNc2ccc(Br)cc2F)C1. The van der Waals surface area contributed by atoms with Crippen molar-refractivity contribution in [1.82, 2.24) is 0 Å². The predicted octanol–water partition coefficient (Wildman–Crippen LogP) is 4.99. The van der Waals surface area contributed by atoms with Crippen LogP contribution in [0.25, 0.3) is 0 Å². The maximum Gasteiger partial charge on any atom is 0.147 e. The van der Waals surface area contributed by atoms with Crippen LogP contribution < -0.4 is 5.32 Å². The van der Waals surface area contributed by atoms with Gasteiger partial charge in [-0.05, 0) is 49.8 Å². The maximum atomic E-state index is 13.7. The summed E-state index contributed by atoms with van der Waals surface area (Å²) in [5, 5.41) is 3.23. The van der Waals surface area contributed by atoms with Crippen molar-refractivity contribution < 1.29 is 4.39 Å². The van der Waals surface area contributed by atoms with Gasteiger partial charge < -0.3 is 5.32 Å². The van der Waals surface area contributed by atoms with Crippen molar-refractivity contribution in [3.05, 3.63) is 40.1 Å². The molecule has 18 heavy (non-hydrogen) atoms. The molecule has 0 fully saturated rings. The molecule has 0 saturated heterocycles. The lowest BCUT2D eigenvalue weighted by Gasteiger charge is -2.26. The number of benzene rings is 1. The molecule has 0 aliphatic heterocycles. The minimum atomic E-state index is -0.194. The average molecular weight is 312 g/mol. The van der Waals surface area contributed by atoms with E-state index in [4.69, 9.17) is 0 Å². The van der Waals surface area contributed by atoms with Crippen LogP contribution in [0.3, 0.4) is 0 Å². The van der Waals surface area contributed by atoms with E-state index in [1.807, 2.05) is 6.07 Å². The van der Waals surface area contributed by atoms with Crippen LogP contribution in [-0.4, -0.2) is 6.54 Å². The molecule has 1 nitrogen and oxygen atoms in total. The first-order valence-electron chi connectivity index (χ1n) is 6.41. The second-order valence-corrected chi connectivity index (χ2v) is 6.22. The average Bonchev–Trinajstić information content (AvgIpc) is 2.26. The third kappa shape index (κ3) is 3.58. The Bertz CT molecular complexity index is 456. The number of halogens is 2. The second kappa shape index (κ2) is 5.87.